The molecule has 0 aromatic carbocycles. The molecule has 66 valence electrons. The zero-order valence-electron chi connectivity index (χ0n) is 6.26. The number of ether oxygens (including phenoxy) is 1. The first-order valence-corrected chi connectivity index (χ1v) is 3.12. The van der Waals surface area contributed by atoms with Gasteiger partial charge in [0.25, 0.3) is 0 Å². The lowest BCUT2D eigenvalue weighted by Gasteiger charge is -2.08. The van der Waals surface area contributed by atoms with Gasteiger partial charge in [0, 0.05) is 12.0 Å². The van der Waals surface area contributed by atoms with Crippen molar-refractivity contribution < 1.29 is 14.6 Å². The van der Waals surface area contributed by atoms with Crippen LogP contribution < -0.4 is 0 Å². The van der Waals surface area contributed by atoms with Gasteiger partial charge in [0.15, 0.2) is 0 Å². The lowest BCUT2D eigenvalue weighted by atomic mass is 10.3. The lowest BCUT2D eigenvalue weighted by Crippen LogP contribution is -2.16. The first-order valence-electron chi connectivity index (χ1n) is 3.12. The van der Waals surface area contributed by atoms with E-state index in [9.17, 15) is 4.79 Å². The van der Waals surface area contributed by atoms with Crippen LogP contribution in [0.1, 0.15) is 27.7 Å². The molecule has 11 heavy (non-hydrogen) atoms. The van der Waals surface area contributed by atoms with E-state index in [1.165, 1.54) is 6.92 Å². The monoisotopic (exact) mass is 160 g/mol. The zero-order valence-corrected chi connectivity index (χ0v) is 6.26. The van der Waals surface area contributed by atoms with Crippen LogP contribution in [0.15, 0.2) is 12.2 Å². The summed E-state index contributed by atoms with van der Waals surface area (Å²) in [5.41, 5.74) is 0.299. The number of carbonyl (C=O) groups is 1. The second-order valence-corrected chi connectivity index (χ2v) is 2.05. The molecule has 0 aliphatic rings. The Morgan fingerprint density at radius 3 is 2.45 bits per heavy atom. The summed E-state index contributed by atoms with van der Waals surface area (Å²) in [6, 6.07) is 0. The molecule has 3 heteroatoms. The first-order chi connectivity index (χ1) is 4.57. The van der Waals surface area contributed by atoms with Gasteiger partial charge in [-0.25, -0.2) is 4.79 Å². The smallest absolute Gasteiger partial charge is 0.335 e. The highest BCUT2D eigenvalue weighted by molar-refractivity contribution is 5.86. The number of hydrogen-bond donors (Lipinski definition) is 1. The highest BCUT2D eigenvalue weighted by atomic mass is 16.6. The predicted molar refractivity (Wildman–Crippen MR) is 43.9 cm³/mol. The van der Waals surface area contributed by atoms with Gasteiger partial charge < -0.3 is 9.84 Å². The van der Waals surface area contributed by atoms with Crippen LogP contribution in [-0.2, 0) is 9.53 Å². The van der Waals surface area contributed by atoms with E-state index in [0.717, 1.165) is 0 Å². The van der Waals surface area contributed by atoms with Crippen molar-refractivity contribution in [1.82, 2.24) is 0 Å². The van der Waals surface area contributed by atoms with Crippen LogP contribution >= 0.6 is 0 Å². The van der Waals surface area contributed by atoms with Crippen molar-refractivity contribution >= 4 is 5.97 Å². The SMILES string of the molecule is C.C=C(C)C(=O)OC(O)CC. The minimum atomic E-state index is -0.996. The van der Waals surface area contributed by atoms with Crippen LogP contribution in [0.2, 0.25) is 0 Å². The Balaban J connectivity index is 0. The third-order valence-corrected chi connectivity index (χ3v) is 0.941. The maximum atomic E-state index is 10.6. The molecular formula is C8H16O3. The third-order valence-electron chi connectivity index (χ3n) is 0.941. The summed E-state index contributed by atoms with van der Waals surface area (Å²) >= 11 is 0. The summed E-state index contributed by atoms with van der Waals surface area (Å²) in [5.74, 6) is -0.547. The summed E-state index contributed by atoms with van der Waals surface area (Å²) in [6.45, 7) is 6.61. The molecule has 1 atom stereocenters. The van der Waals surface area contributed by atoms with Gasteiger partial charge >= 0.3 is 5.97 Å². The molecule has 0 aliphatic carbocycles. The highest BCUT2D eigenvalue weighted by Gasteiger charge is 2.07. The molecule has 0 spiro atoms. The minimum Gasteiger partial charge on any atom is -0.433 e. The molecule has 0 rings (SSSR count). The van der Waals surface area contributed by atoms with Gasteiger partial charge in [-0.3, -0.25) is 0 Å². The van der Waals surface area contributed by atoms with Crippen molar-refractivity contribution in [3.63, 3.8) is 0 Å². The molecule has 0 aromatic rings. The standard InChI is InChI=1S/C7H12O3.CH4/c1-4-6(8)10-7(9)5(2)3;/h6,8H,2,4H2,1,3H3;1H4. The number of esters is 1. The summed E-state index contributed by atoms with van der Waals surface area (Å²) in [6.07, 6.45) is -0.594. The van der Waals surface area contributed by atoms with Crippen LogP contribution in [0.4, 0.5) is 0 Å². The molecule has 0 saturated carbocycles. The highest BCUT2D eigenvalue weighted by Crippen LogP contribution is 1.98. The molecule has 0 aliphatic heterocycles. The van der Waals surface area contributed by atoms with E-state index in [2.05, 4.69) is 11.3 Å². The van der Waals surface area contributed by atoms with Gasteiger partial charge in [0.2, 0.25) is 6.29 Å². The van der Waals surface area contributed by atoms with Crippen molar-refractivity contribution in [2.75, 3.05) is 0 Å². The van der Waals surface area contributed by atoms with E-state index >= 15 is 0 Å². The molecule has 1 N–H and O–H groups in total. The minimum absolute atomic E-state index is 0. The van der Waals surface area contributed by atoms with Gasteiger partial charge in [0.05, 0.1) is 0 Å². The number of carbonyl (C=O) groups excluding carboxylic acids is 1. The lowest BCUT2D eigenvalue weighted by molar-refractivity contribution is -0.162. The van der Waals surface area contributed by atoms with Gasteiger partial charge in [-0.05, 0) is 6.92 Å². The number of hydrogen-bond acceptors (Lipinski definition) is 3. The van der Waals surface area contributed by atoms with Crippen molar-refractivity contribution in [2.45, 2.75) is 34.0 Å². The second-order valence-electron chi connectivity index (χ2n) is 2.05. The maximum absolute atomic E-state index is 10.6. The molecule has 0 heterocycles. The van der Waals surface area contributed by atoms with E-state index in [4.69, 9.17) is 5.11 Å². The van der Waals surface area contributed by atoms with Crippen molar-refractivity contribution in [1.29, 1.82) is 0 Å². The van der Waals surface area contributed by atoms with Crippen molar-refractivity contribution in [2.24, 2.45) is 0 Å². The number of rotatable bonds is 3. The second kappa shape index (κ2) is 5.92. The molecule has 1 unspecified atom stereocenters. The van der Waals surface area contributed by atoms with Gasteiger partial charge in [-0.15, -0.1) is 0 Å². The Kier molecular flexibility index (Phi) is 6.89. The number of aliphatic hydroxyl groups excluding tert-OH is 1. The first kappa shape index (κ1) is 12.8. The van der Waals surface area contributed by atoms with E-state index in [-0.39, 0.29) is 7.43 Å². The Labute approximate surface area is 67.7 Å². The summed E-state index contributed by atoms with van der Waals surface area (Å²) in [5, 5.41) is 8.79. The quantitative estimate of drug-likeness (QED) is 0.386. The molecule has 0 fully saturated rings. The van der Waals surface area contributed by atoms with Crippen LogP contribution in [0.5, 0.6) is 0 Å². The summed E-state index contributed by atoms with van der Waals surface area (Å²) in [4.78, 5) is 10.6. The molecular weight excluding hydrogens is 144 g/mol. The van der Waals surface area contributed by atoms with Crippen LogP contribution in [0.3, 0.4) is 0 Å². The average molecular weight is 160 g/mol. The molecule has 0 amide bonds. The largest absolute Gasteiger partial charge is 0.433 e. The zero-order chi connectivity index (χ0) is 8.15. The number of aliphatic hydroxyl groups is 1. The predicted octanol–water partition coefficient (Wildman–Crippen LogP) is 1.47. The topological polar surface area (TPSA) is 46.5 Å². The van der Waals surface area contributed by atoms with Crippen LogP contribution in [0.25, 0.3) is 0 Å². The fourth-order valence-electron chi connectivity index (χ4n) is 0.307. The van der Waals surface area contributed by atoms with Crippen molar-refractivity contribution in [3.05, 3.63) is 12.2 Å². The Morgan fingerprint density at radius 2 is 2.18 bits per heavy atom. The van der Waals surface area contributed by atoms with Gasteiger partial charge in [-0.2, -0.15) is 0 Å². The molecule has 0 saturated heterocycles. The Hall–Kier alpha value is -0.830. The van der Waals surface area contributed by atoms with E-state index in [1.54, 1.807) is 6.92 Å². The van der Waals surface area contributed by atoms with Crippen LogP contribution in [0, 0.1) is 0 Å². The molecule has 0 bridgehead atoms. The van der Waals surface area contributed by atoms with Gasteiger partial charge in [0.1, 0.15) is 0 Å². The fraction of sp³-hybridized carbons (Fsp3) is 0.625. The van der Waals surface area contributed by atoms with E-state index in [1.807, 2.05) is 0 Å². The average Bonchev–Trinajstić information content (AvgIpc) is 1.87. The Bertz CT molecular complexity index is 140. The normalized spacial score (nSPS) is 11.2. The van der Waals surface area contributed by atoms with Gasteiger partial charge in [-0.1, -0.05) is 20.9 Å². The summed E-state index contributed by atoms with van der Waals surface area (Å²) in [7, 11) is 0. The maximum Gasteiger partial charge on any atom is 0.335 e. The van der Waals surface area contributed by atoms with Crippen molar-refractivity contribution in [3.8, 4) is 0 Å². The third kappa shape index (κ3) is 5.61. The Morgan fingerprint density at radius 1 is 1.73 bits per heavy atom. The van der Waals surface area contributed by atoms with E-state index < -0.39 is 12.3 Å². The van der Waals surface area contributed by atoms with E-state index in [0.29, 0.717) is 12.0 Å². The fourth-order valence-corrected chi connectivity index (χ4v) is 0.307. The molecule has 0 radical (unpaired) electrons. The van der Waals surface area contributed by atoms with Crippen LogP contribution in [-0.4, -0.2) is 17.4 Å². The summed E-state index contributed by atoms with van der Waals surface area (Å²) < 4.78 is 4.48. The molecule has 0 aromatic heterocycles. The molecule has 3 nitrogen and oxygen atoms in total.